The molecule has 3 aromatic carbocycles. The van der Waals surface area contributed by atoms with Crippen LogP contribution in [-0.4, -0.2) is 30.4 Å². The maximum atomic E-state index is 12.4. The first-order valence-corrected chi connectivity index (χ1v) is 16.7. The molecule has 48 heavy (non-hydrogen) atoms. The van der Waals surface area contributed by atoms with Crippen molar-refractivity contribution in [2.45, 2.75) is 63.8 Å². The molecule has 0 bridgehead atoms. The van der Waals surface area contributed by atoms with Gasteiger partial charge in [-0.2, -0.15) is 5.26 Å². The second-order valence-electron chi connectivity index (χ2n) is 13.7. The van der Waals surface area contributed by atoms with Crippen molar-refractivity contribution in [1.29, 1.82) is 5.26 Å². The van der Waals surface area contributed by atoms with Crippen molar-refractivity contribution >= 4 is 39.7 Å². The number of carbonyl (C=O) groups is 1. The van der Waals surface area contributed by atoms with Crippen LogP contribution >= 0.6 is 11.8 Å². The first kappa shape index (κ1) is 32.8. The van der Waals surface area contributed by atoms with Crippen LogP contribution in [-0.2, 0) is 24.4 Å². The first-order chi connectivity index (χ1) is 22.9. The van der Waals surface area contributed by atoms with Crippen molar-refractivity contribution in [3.63, 3.8) is 0 Å². The number of nitriles is 1. The third-order valence-corrected chi connectivity index (χ3v) is 9.48. The molecule has 242 valence electrons. The van der Waals surface area contributed by atoms with Crippen LogP contribution < -0.4 is 4.74 Å². The van der Waals surface area contributed by atoms with Gasteiger partial charge in [-0.3, -0.25) is 4.79 Å². The minimum atomic E-state index is -1.00. The lowest BCUT2D eigenvalue weighted by atomic mass is 9.88. The number of carboxylic acids is 1. The molecule has 8 heteroatoms. The number of thioether (sulfide) groups is 1. The predicted octanol–water partition coefficient (Wildman–Crippen LogP) is 9.29. The van der Waals surface area contributed by atoms with Crippen LogP contribution in [0, 0.1) is 16.7 Å². The summed E-state index contributed by atoms with van der Waals surface area (Å²) < 4.78 is 8.28. The highest BCUT2D eigenvalue weighted by Crippen LogP contribution is 2.43. The Balaban J connectivity index is 1.39. The Hall–Kier alpha value is -5.13. The Bertz CT molecular complexity index is 2160. The Labute approximate surface area is 285 Å². The fourth-order valence-electron chi connectivity index (χ4n) is 5.63. The molecule has 0 unspecified atom stereocenters. The molecule has 6 rings (SSSR count). The van der Waals surface area contributed by atoms with E-state index in [0.717, 1.165) is 54.9 Å². The van der Waals surface area contributed by atoms with Crippen molar-refractivity contribution in [2.75, 3.05) is 0 Å². The average molecular weight is 655 g/mol. The van der Waals surface area contributed by atoms with Gasteiger partial charge < -0.3 is 14.4 Å². The van der Waals surface area contributed by atoms with Crippen LogP contribution in [0.25, 0.3) is 33.1 Å². The van der Waals surface area contributed by atoms with E-state index in [1.54, 1.807) is 31.8 Å². The van der Waals surface area contributed by atoms with Gasteiger partial charge in [-0.25, -0.2) is 9.97 Å². The molecule has 3 aromatic heterocycles. The van der Waals surface area contributed by atoms with Crippen molar-refractivity contribution in [3.8, 4) is 22.9 Å². The van der Waals surface area contributed by atoms with Crippen LogP contribution in [0.4, 0.5) is 0 Å². The van der Waals surface area contributed by atoms with E-state index in [4.69, 9.17) is 20.0 Å². The number of fused-ring (bicyclic) bond motifs is 2. The molecule has 0 amide bonds. The molecule has 1 N–H and O–H groups in total. The van der Waals surface area contributed by atoms with Crippen LogP contribution in [0.1, 0.15) is 57.1 Å². The number of hydrogen-bond donors (Lipinski definition) is 1. The lowest BCUT2D eigenvalue weighted by molar-refractivity contribution is -0.146. The number of carboxylic acid groups (broad SMARTS) is 1. The number of ether oxygens (including phenoxy) is 1. The summed E-state index contributed by atoms with van der Waals surface area (Å²) in [6.45, 7) is 10.8. The maximum absolute atomic E-state index is 12.4. The molecule has 0 aliphatic heterocycles. The van der Waals surface area contributed by atoms with E-state index in [0.29, 0.717) is 30.9 Å². The molecule has 7 nitrogen and oxygen atoms in total. The van der Waals surface area contributed by atoms with Gasteiger partial charge in [0.15, 0.2) is 0 Å². The first-order valence-electron chi connectivity index (χ1n) is 15.9. The summed E-state index contributed by atoms with van der Waals surface area (Å²) >= 11 is 1.72. The standard InChI is InChI=1S/C40H38N4O3S/c1-39(2,3)48-36-33-20-32(47-25-31-19-18-30-8-6-7-9-34(30)43-31)23-42-37(33)44(35(36)21-40(4,5)38(45)46)24-27-12-16-29(17-13-27)28-14-10-26(22-41)11-15-28/h6-20,23H,21,24-25H2,1-5H3,(H,45,46). The zero-order valence-corrected chi connectivity index (χ0v) is 28.6. The largest absolute Gasteiger partial charge is 0.486 e. The lowest BCUT2D eigenvalue weighted by Gasteiger charge is -2.24. The minimum Gasteiger partial charge on any atom is -0.486 e. The minimum absolute atomic E-state index is 0.143. The number of pyridine rings is 2. The summed E-state index contributed by atoms with van der Waals surface area (Å²) in [5, 5.41) is 21.3. The van der Waals surface area contributed by atoms with Crippen LogP contribution in [0.15, 0.2) is 102 Å². The molecular weight excluding hydrogens is 617 g/mol. The fourth-order valence-corrected chi connectivity index (χ4v) is 6.81. The molecule has 6 aromatic rings. The lowest BCUT2D eigenvalue weighted by Crippen LogP contribution is -2.28. The number of para-hydroxylation sites is 1. The molecule has 0 saturated carbocycles. The summed E-state index contributed by atoms with van der Waals surface area (Å²) in [6.07, 6.45) is 2.07. The van der Waals surface area contributed by atoms with Gasteiger partial charge in [0.25, 0.3) is 0 Å². The number of aliphatic carboxylic acids is 1. The molecule has 3 heterocycles. The van der Waals surface area contributed by atoms with Crippen molar-refractivity contribution in [1.82, 2.24) is 14.5 Å². The summed E-state index contributed by atoms with van der Waals surface area (Å²) in [7, 11) is 0. The summed E-state index contributed by atoms with van der Waals surface area (Å²) in [6, 6.07) is 32.1. The number of rotatable bonds is 10. The highest BCUT2D eigenvalue weighted by Gasteiger charge is 2.33. The SMILES string of the molecule is CC(C)(C)Sc1c(CC(C)(C)C(=O)O)n(Cc2ccc(-c3ccc(C#N)cc3)cc2)c2ncc(OCc3ccc4ccccc4n3)cc12. The Kier molecular flexibility index (Phi) is 9.00. The number of aromatic nitrogens is 3. The highest BCUT2D eigenvalue weighted by atomic mass is 32.2. The normalized spacial score (nSPS) is 11.9. The van der Waals surface area contributed by atoms with Gasteiger partial charge in [-0.15, -0.1) is 11.8 Å². The molecular formula is C40H38N4O3S. The van der Waals surface area contributed by atoms with Gasteiger partial charge >= 0.3 is 5.97 Å². The molecule has 0 atom stereocenters. The van der Waals surface area contributed by atoms with Crippen LogP contribution in [0.3, 0.4) is 0 Å². The van der Waals surface area contributed by atoms with E-state index < -0.39 is 11.4 Å². The monoisotopic (exact) mass is 654 g/mol. The van der Waals surface area contributed by atoms with Gasteiger partial charge in [0.05, 0.1) is 34.5 Å². The zero-order chi connectivity index (χ0) is 34.1. The van der Waals surface area contributed by atoms with Gasteiger partial charge in [0.2, 0.25) is 0 Å². The van der Waals surface area contributed by atoms with Gasteiger partial charge in [0, 0.05) is 39.1 Å². The zero-order valence-electron chi connectivity index (χ0n) is 27.8. The molecule has 0 radical (unpaired) electrons. The van der Waals surface area contributed by atoms with E-state index in [1.807, 2.05) is 66.7 Å². The van der Waals surface area contributed by atoms with Crippen LogP contribution in [0.5, 0.6) is 5.75 Å². The van der Waals surface area contributed by atoms with E-state index in [9.17, 15) is 9.90 Å². The third kappa shape index (κ3) is 7.22. The third-order valence-electron chi connectivity index (χ3n) is 8.21. The van der Waals surface area contributed by atoms with Gasteiger partial charge in [-0.1, -0.05) is 81.4 Å². The van der Waals surface area contributed by atoms with Crippen molar-refractivity contribution in [3.05, 3.63) is 120 Å². The molecule has 0 aliphatic carbocycles. The maximum Gasteiger partial charge on any atom is 0.309 e. The van der Waals surface area contributed by atoms with Crippen molar-refractivity contribution in [2.24, 2.45) is 5.41 Å². The smallest absolute Gasteiger partial charge is 0.309 e. The second-order valence-corrected chi connectivity index (χ2v) is 15.5. The van der Waals surface area contributed by atoms with Gasteiger partial charge in [0.1, 0.15) is 18.0 Å². The summed E-state index contributed by atoms with van der Waals surface area (Å²) in [5.41, 5.74) is 6.25. The quantitative estimate of drug-likeness (QED) is 0.147. The van der Waals surface area contributed by atoms with Gasteiger partial charge in [-0.05, 0) is 60.9 Å². The summed E-state index contributed by atoms with van der Waals surface area (Å²) in [4.78, 5) is 23.1. The Morgan fingerprint density at radius 3 is 2.29 bits per heavy atom. The predicted molar refractivity (Wildman–Crippen MR) is 192 cm³/mol. The van der Waals surface area contributed by atoms with E-state index in [1.165, 1.54) is 0 Å². The molecule has 0 fully saturated rings. The molecule has 0 aliphatic rings. The Morgan fingerprint density at radius 2 is 1.62 bits per heavy atom. The molecule has 0 saturated heterocycles. The highest BCUT2D eigenvalue weighted by molar-refractivity contribution is 8.00. The Morgan fingerprint density at radius 1 is 0.938 bits per heavy atom. The van der Waals surface area contributed by atoms with E-state index in [-0.39, 0.29) is 4.75 Å². The van der Waals surface area contributed by atoms with Crippen LogP contribution in [0.2, 0.25) is 0 Å². The summed E-state index contributed by atoms with van der Waals surface area (Å²) in [5.74, 6) is -0.223. The van der Waals surface area contributed by atoms with E-state index in [2.05, 4.69) is 55.7 Å². The average Bonchev–Trinajstić information content (AvgIpc) is 3.33. The number of hydrogen-bond acceptors (Lipinski definition) is 6. The topological polar surface area (TPSA) is 101 Å². The second kappa shape index (κ2) is 13.2. The van der Waals surface area contributed by atoms with E-state index >= 15 is 0 Å². The molecule has 0 spiro atoms. The number of benzene rings is 3. The fraction of sp³-hybridized carbons (Fsp3) is 0.250. The number of nitrogens with zero attached hydrogens (tertiary/aromatic N) is 4. The van der Waals surface area contributed by atoms with Crippen molar-refractivity contribution < 1.29 is 14.6 Å².